The molecule has 0 aromatic heterocycles. The molecule has 2 N–H and O–H groups in total. The Hall–Kier alpha value is -1.55. The monoisotopic (exact) mass is 278 g/mol. The molecule has 0 bridgehead atoms. The van der Waals surface area contributed by atoms with E-state index in [0.717, 1.165) is 38.0 Å². The van der Waals surface area contributed by atoms with Crippen LogP contribution >= 0.6 is 0 Å². The van der Waals surface area contributed by atoms with Crippen molar-refractivity contribution < 1.29 is 9.53 Å². The van der Waals surface area contributed by atoms with Crippen LogP contribution in [0.2, 0.25) is 0 Å². The highest BCUT2D eigenvalue weighted by Gasteiger charge is 2.16. The fourth-order valence-electron chi connectivity index (χ4n) is 2.14. The standard InChI is InChI=1S/C16H26N2O2/c1-4-6-15(17)16(19)18(2)12-5-7-13-8-10-14(20-3)11-9-13/h8-11,15H,4-7,12,17H2,1-3H3. The molecule has 0 fully saturated rings. The molecule has 0 aliphatic carbocycles. The van der Waals surface area contributed by atoms with Gasteiger partial charge < -0.3 is 15.4 Å². The summed E-state index contributed by atoms with van der Waals surface area (Å²) in [6, 6.07) is 7.68. The van der Waals surface area contributed by atoms with Crippen molar-refractivity contribution in [2.75, 3.05) is 20.7 Å². The van der Waals surface area contributed by atoms with E-state index >= 15 is 0 Å². The lowest BCUT2D eigenvalue weighted by atomic mass is 10.1. The first-order valence-electron chi connectivity index (χ1n) is 7.22. The number of benzene rings is 1. The van der Waals surface area contributed by atoms with Gasteiger partial charge in [-0.05, 0) is 37.0 Å². The predicted octanol–water partition coefficient (Wildman–Crippen LogP) is 2.21. The number of nitrogens with zero attached hydrogens (tertiary/aromatic N) is 1. The minimum Gasteiger partial charge on any atom is -0.497 e. The van der Waals surface area contributed by atoms with E-state index in [4.69, 9.17) is 10.5 Å². The molecule has 20 heavy (non-hydrogen) atoms. The van der Waals surface area contributed by atoms with E-state index in [0.29, 0.717) is 0 Å². The first-order valence-corrected chi connectivity index (χ1v) is 7.22. The van der Waals surface area contributed by atoms with E-state index < -0.39 is 0 Å². The Kier molecular flexibility index (Phi) is 7.09. The number of carbonyl (C=O) groups excluding carboxylic acids is 1. The van der Waals surface area contributed by atoms with E-state index in [1.165, 1.54) is 5.56 Å². The van der Waals surface area contributed by atoms with Gasteiger partial charge in [0.25, 0.3) is 0 Å². The zero-order chi connectivity index (χ0) is 15.0. The third-order valence-corrected chi connectivity index (χ3v) is 3.41. The van der Waals surface area contributed by atoms with Crippen LogP contribution < -0.4 is 10.5 Å². The number of likely N-dealkylation sites (N-methyl/N-ethyl adjacent to an activating group) is 1. The Balaban J connectivity index is 2.33. The lowest BCUT2D eigenvalue weighted by molar-refractivity contribution is -0.131. The largest absolute Gasteiger partial charge is 0.497 e. The lowest BCUT2D eigenvalue weighted by Gasteiger charge is -2.21. The summed E-state index contributed by atoms with van der Waals surface area (Å²) in [4.78, 5) is 13.7. The maximum atomic E-state index is 11.9. The van der Waals surface area contributed by atoms with E-state index in [1.54, 1.807) is 12.0 Å². The van der Waals surface area contributed by atoms with Crippen molar-refractivity contribution in [3.63, 3.8) is 0 Å². The highest BCUT2D eigenvalue weighted by Crippen LogP contribution is 2.12. The Labute approximate surface area is 121 Å². The number of carbonyl (C=O) groups is 1. The maximum absolute atomic E-state index is 11.9. The van der Waals surface area contributed by atoms with Crippen LogP contribution in [0.15, 0.2) is 24.3 Å². The Morgan fingerprint density at radius 1 is 1.35 bits per heavy atom. The van der Waals surface area contributed by atoms with E-state index in [2.05, 4.69) is 12.1 Å². The molecule has 0 aliphatic heterocycles. The molecule has 1 aromatic carbocycles. The Morgan fingerprint density at radius 2 is 2.00 bits per heavy atom. The van der Waals surface area contributed by atoms with Gasteiger partial charge in [-0.25, -0.2) is 0 Å². The highest BCUT2D eigenvalue weighted by molar-refractivity contribution is 5.81. The fourth-order valence-corrected chi connectivity index (χ4v) is 2.14. The molecule has 4 nitrogen and oxygen atoms in total. The molecule has 112 valence electrons. The lowest BCUT2D eigenvalue weighted by Crippen LogP contribution is -2.42. The number of ether oxygens (including phenoxy) is 1. The van der Waals surface area contributed by atoms with Gasteiger partial charge in [-0.1, -0.05) is 25.5 Å². The molecule has 0 heterocycles. The topological polar surface area (TPSA) is 55.6 Å². The average Bonchev–Trinajstić information content (AvgIpc) is 2.47. The average molecular weight is 278 g/mol. The number of nitrogens with two attached hydrogens (primary N) is 1. The summed E-state index contributed by atoms with van der Waals surface area (Å²) in [6.07, 6.45) is 3.58. The molecule has 0 aliphatic rings. The van der Waals surface area contributed by atoms with Gasteiger partial charge in [-0.15, -0.1) is 0 Å². The van der Waals surface area contributed by atoms with Gasteiger partial charge in [0, 0.05) is 13.6 Å². The summed E-state index contributed by atoms with van der Waals surface area (Å²) >= 11 is 0. The molecule has 0 radical (unpaired) electrons. The summed E-state index contributed by atoms with van der Waals surface area (Å²) in [5, 5.41) is 0. The van der Waals surface area contributed by atoms with Gasteiger partial charge >= 0.3 is 0 Å². The second-order valence-corrected chi connectivity index (χ2v) is 5.11. The number of aryl methyl sites for hydroxylation is 1. The third kappa shape index (κ3) is 5.21. The minimum absolute atomic E-state index is 0.0431. The van der Waals surface area contributed by atoms with Gasteiger partial charge in [-0.3, -0.25) is 4.79 Å². The van der Waals surface area contributed by atoms with Gasteiger partial charge in [0.2, 0.25) is 5.91 Å². The molecule has 1 amide bonds. The summed E-state index contributed by atoms with van der Waals surface area (Å²) in [5.41, 5.74) is 7.09. The van der Waals surface area contributed by atoms with E-state index in [-0.39, 0.29) is 11.9 Å². The molecule has 0 saturated heterocycles. The molecule has 1 aromatic rings. The van der Waals surface area contributed by atoms with Crippen molar-refractivity contribution in [2.24, 2.45) is 5.73 Å². The number of hydrogen-bond acceptors (Lipinski definition) is 3. The molecule has 0 saturated carbocycles. The second kappa shape index (κ2) is 8.59. The minimum atomic E-state index is -0.356. The van der Waals surface area contributed by atoms with Gasteiger partial charge in [0.1, 0.15) is 5.75 Å². The summed E-state index contributed by atoms with van der Waals surface area (Å²) in [5.74, 6) is 0.910. The van der Waals surface area contributed by atoms with E-state index in [9.17, 15) is 4.79 Å². The van der Waals surface area contributed by atoms with Crippen molar-refractivity contribution in [1.29, 1.82) is 0 Å². The normalized spacial score (nSPS) is 12.0. The zero-order valence-corrected chi connectivity index (χ0v) is 12.8. The van der Waals surface area contributed by atoms with Crippen LogP contribution in [0.1, 0.15) is 31.7 Å². The van der Waals surface area contributed by atoms with Crippen LogP contribution in [0, 0.1) is 0 Å². The number of rotatable bonds is 8. The van der Waals surface area contributed by atoms with Crippen LogP contribution in [0.25, 0.3) is 0 Å². The van der Waals surface area contributed by atoms with Gasteiger partial charge in [0.05, 0.1) is 13.2 Å². The Morgan fingerprint density at radius 3 is 2.55 bits per heavy atom. The number of amides is 1. The fraction of sp³-hybridized carbons (Fsp3) is 0.562. The predicted molar refractivity (Wildman–Crippen MR) is 81.8 cm³/mol. The van der Waals surface area contributed by atoms with E-state index in [1.807, 2.05) is 26.1 Å². The first kappa shape index (κ1) is 16.5. The summed E-state index contributed by atoms with van der Waals surface area (Å²) in [6.45, 7) is 2.78. The first-order chi connectivity index (χ1) is 9.58. The molecule has 1 unspecified atom stereocenters. The molecule has 4 heteroatoms. The quantitative estimate of drug-likeness (QED) is 0.793. The smallest absolute Gasteiger partial charge is 0.239 e. The van der Waals surface area contributed by atoms with Crippen LogP contribution in [0.4, 0.5) is 0 Å². The van der Waals surface area contributed by atoms with Crippen molar-refractivity contribution in [1.82, 2.24) is 4.90 Å². The summed E-state index contributed by atoms with van der Waals surface area (Å²) in [7, 11) is 3.49. The van der Waals surface area contributed by atoms with Crippen molar-refractivity contribution in [2.45, 2.75) is 38.6 Å². The molecular weight excluding hydrogens is 252 g/mol. The Bertz CT molecular complexity index is 403. The number of hydrogen-bond donors (Lipinski definition) is 1. The molecule has 0 spiro atoms. The molecule has 1 rings (SSSR count). The van der Waals surface area contributed by atoms with Crippen LogP contribution in [-0.4, -0.2) is 37.6 Å². The van der Waals surface area contributed by atoms with Crippen LogP contribution in [0.3, 0.4) is 0 Å². The molecular formula is C16H26N2O2. The zero-order valence-electron chi connectivity index (χ0n) is 12.8. The van der Waals surface area contributed by atoms with Crippen molar-refractivity contribution in [3.8, 4) is 5.75 Å². The van der Waals surface area contributed by atoms with Gasteiger partial charge in [-0.2, -0.15) is 0 Å². The van der Waals surface area contributed by atoms with Crippen molar-refractivity contribution in [3.05, 3.63) is 29.8 Å². The number of methoxy groups -OCH3 is 1. The SMILES string of the molecule is CCCC(N)C(=O)N(C)CCCc1ccc(OC)cc1. The maximum Gasteiger partial charge on any atom is 0.239 e. The van der Waals surface area contributed by atoms with Crippen LogP contribution in [-0.2, 0) is 11.2 Å². The second-order valence-electron chi connectivity index (χ2n) is 5.11. The highest BCUT2D eigenvalue weighted by atomic mass is 16.5. The third-order valence-electron chi connectivity index (χ3n) is 3.41. The van der Waals surface area contributed by atoms with Gasteiger partial charge in [0.15, 0.2) is 0 Å². The molecule has 1 atom stereocenters. The summed E-state index contributed by atoms with van der Waals surface area (Å²) < 4.78 is 5.13. The van der Waals surface area contributed by atoms with Crippen molar-refractivity contribution >= 4 is 5.91 Å². The van der Waals surface area contributed by atoms with Crippen LogP contribution in [0.5, 0.6) is 5.75 Å².